The first-order valence-electron chi connectivity index (χ1n) is 8.01. The molecule has 0 unspecified atom stereocenters. The summed E-state index contributed by atoms with van der Waals surface area (Å²) in [7, 11) is 0. The smallest absolute Gasteiger partial charge is 0.419 e. The minimum Gasteiger partial charge on any atom is -0.493 e. The molecular formula is C19H20F3NO2. The first-order chi connectivity index (χ1) is 11.9. The molecule has 2 aromatic rings. The van der Waals surface area contributed by atoms with Gasteiger partial charge < -0.3 is 10.5 Å². The Morgan fingerprint density at radius 2 is 1.72 bits per heavy atom. The minimum absolute atomic E-state index is 0.00851. The summed E-state index contributed by atoms with van der Waals surface area (Å²) in [5, 5.41) is 0. The van der Waals surface area contributed by atoms with E-state index in [1.165, 1.54) is 12.1 Å². The van der Waals surface area contributed by atoms with Gasteiger partial charge in [0.25, 0.3) is 0 Å². The number of hydrogen-bond acceptors (Lipinski definition) is 2. The lowest BCUT2D eigenvalue weighted by Gasteiger charge is -2.15. The van der Waals surface area contributed by atoms with Crippen LogP contribution in [0.25, 0.3) is 0 Å². The summed E-state index contributed by atoms with van der Waals surface area (Å²) in [4.78, 5) is 10.8. The highest BCUT2D eigenvalue weighted by Crippen LogP contribution is 2.37. The third kappa shape index (κ3) is 6.14. The van der Waals surface area contributed by atoms with Crippen LogP contribution in [0.3, 0.4) is 0 Å². The van der Waals surface area contributed by atoms with E-state index in [0.29, 0.717) is 12.0 Å². The Kier molecular flexibility index (Phi) is 6.44. The molecule has 0 saturated heterocycles. The van der Waals surface area contributed by atoms with Crippen LogP contribution in [0.1, 0.15) is 29.5 Å². The number of carbonyl (C=O) groups excluding carboxylic acids is 1. The summed E-state index contributed by atoms with van der Waals surface area (Å²) in [6.45, 7) is 0.193. The zero-order chi connectivity index (χ0) is 18.3. The summed E-state index contributed by atoms with van der Waals surface area (Å²) >= 11 is 0. The topological polar surface area (TPSA) is 52.3 Å². The van der Waals surface area contributed by atoms with Gasteiger partial charge in [0.05, 0.1) is 12.2 Å². The van der Waals surface area contributed by atoms with Crippen LogP contribution in [-0.4, -0.2) is 12.5 Å². The molecular weight excluding hydrogens is 331 g/mol. The Morgan fingerprint density at radius 3 is 2.36 bits per heavy atom. The maximum Gasteiger partial charge on any atom is 0.419 e. The van der Waals surface area contributed by atoms with Crippen LogP contribution in [-0.2, 0) is 23.8 Å². The average molecular weight is 351 g/mol. The number of ether oxygens (including phenoxy) is 1. The molecule has 0 spiro atoms. The third-order valence-electron chi connectivity index (χ3n) is 3.72. The molecule has 0 bridgehead atoms. The molecule has 0 aromatic heterocycles. The molecule has 3 nitrogen and oxygen atoms in total. The summed E-state index contributed by atoms with van der Waals surface area (Å²) < 4.78 is 45.0. The van der Waals surface area contributed by atoms with Gasteiger partial charge in [-0.05, 0) is 42.5 Å². The van der Waals surface area contributed by atoms with Crippen molar-refractivity contribution >= 4 is 5.91 Å². The predicted octanol–water partition coefficient (Wildman–Crippen LogP) is 4.13. The molecule has 2 aromatic carbocycles. The van der Waals surface area contributed by atoms with Gasteiger partial charge in [-0.2, -0.15) is 13.2 Å². The van der Waals surface area contributed by atoms with Gasteiger partial charge in [0, 0.05) is 6.42 Å². The number of hydrogen-bond donors (Lipinski definition) is 1. The van der Waals surface area contributed by atoms with Crippen LogP contribution in [0.5, 0.6) is 5.75 Å². The van der Waals surface area contributed by atoms with Gasteiger partial charge in [-0.3, -0.25) is 4.79 Å². The Labute approximate surface area is 144 Å². The number of primary amides is 1. The highest BCUT2D eigenvalue weighted by molar-refractivity contribution is 5.74. The van der Waals surface area contributed by atoms with Crippen LogP contribution >= 0.6 is 0 Å². The van der Waals surface area contributed by atoms with Crippen molar-refractivity contribution in [3.05, 3.63) is 65.2 Å². The highest BCUT2D eigenvalue weighted by Gasteiger charge is 2.34. The van der Waals surface area contributed by atoms with Crippen molar-refractivity contribution in [1.29, 1.82) is 0 Å². The minimum atomic E-state index is -4.52. The van der Waals surface area contributed by atoms with Gasteiger partial charge in [-0.15, -0.1) is 0 Å². The van der Waals surface area contributed by atoms with Crippen molar-refractivity contribution < 1.29 is 22.7 Å². The van der Waals surface area contributed by atoms with Crippen molar-refractivity contribution in [3.8, 4) is 5.75 Å². The Balaban J connectivity index is 1.99. The van der Waals surface area contributed by atoms with Crippen molar-refractivity contribution in [2.75, 3.05) is 6.61 Å². The van der Waals surface area contributed by atoms with E-state index in [2.05, 4.69) is 0 Å². The molecule has 2 N–H and O–H groups in total. The lowest BCUT2D eigenvalue weighted by atomic mass is 10.0. The normalized spacial score (nSPS) is 11.3. The molecule has 0 atom stereocenters. The fourth-order valence-electron chi connectivity index (χ4n) is 2.45. The fraction of sp³-hybridized carbons (Fsp3) is 0.316. The molecule has 25 heavy (non-hydrogen) atoms. The third-order valence-corrected chi connectivity index (χ3v) is 3.72. The molecule has 0 radical (unpaired) electrons. The van der Waals surface area contributed by atoms with Crippen molar-refractivity contribution in [2.24, 2.45) is 5.73 Å². The second kappa shape index (κ2) is 8.55. The van der Waals surface area contributed by atoms with E-state index in [9.17, 15) is 18.0 Å². The van der Waals surface area contributed by atoms with E-state index in [1.807, 2.05) is 30.3 Å². The van der Waals surface area contributed by atoms with Gasteiger partial charge in [0.1, 0.15) is 5.75 Å². The lowest BCUT2D eigenvalue weighted by Crippen LogP contribution is -2.13. The van der Waals surface area contributed by atoms with E-state index in [4.69, 9.17) is 10.5 Å². The number of halogens is 3. The van der Waals surface area contributed by atoms with E-state index >= 15 is 0 Å². The number of aryl methyl sites for hydroxylation is 2. The second-order valence-electron chi connectivity index (χ2n) is 5.73. The standard InChI is InChI=1S/C19H20F3NO2/c20-19(21,22)16-13-15(9-11-18(23)24)8-10-17(16)25-12-4-7-14-5-2-1-3-6-14/h1-3,5-6,8,10,13H,4,7,9,11-12H2,(H2,23,24). The molecule has 0 heterocycles. The summed E-state index contributed by atoms with van der Waals surface area (Å²) in [5.74, 6) is -0.738. The Hall–Kier alpha value is -2.50. The number of nitrogens with two attached hydrogens (primary N) is 1. The van der Waals surface area contributed by atoms with Crippen molar-refractivity contribution in [1.82, 2.24) is 0 Å². The van der Waals surface area contributed by atoms with Gasteiger partial charge in [0.2, 0.25) is 5.91 Å². The number of alkyl halides is 3. The van der Waals surface area contributed by atoms with E-state index in [1.54, 1.807) is 0 Å². The molecule has 0 aliphatic heterocycles. The fourth-order valence-corrected chi connectivity index (χ4v) is 2.45. The summed E-state index contributed by atoms with van der Waals surface area (Å²) in [6, 6.07) is 13.5. The molecule has 0 aliphatic carbocycles. The Bertz CT molecular complexity index is 700. The van der Waals surface area contributed by atoms with E-state index < -0.39 is 17.6 Å². The van der Waals surface area contributed by atoms with Crippen molar-refractivity contribution in [2.45, 2.75) is 31.9 Å². The van der Waals surface area contributed by atoms with Crippen molar-refractivity contribution in [3.63, 3.8) is 0 Å². The highest BCUT2D eigenvalue weighted by atomic mass is 19.4. The van der Waals surface area contributed by atoms with Gasteiger partial charge in [0.15, 0.2) is 0 Å². The average Bonchev–Trinajstić information content (AvgIpc) is 2.57. The number of carbonyl (C=O) groups is 1. The zero-order valence-corrected chi connectivity index (χ0v) is 13.7. The van der Waals surface area contributed by atoms with Crippen LogP contribution in [0.2, 0.25) is 0 Å². The maximum absolute atomic E-state index is 13.2. The van der Waals surface area contributed by atoms with Crippen LogP contribution in [0.4, 0.5) is 13.2 Å². The quantitative estimate of drug-likeness (QED) is 0.727. The number of amides is 1. The molecule has 0 fully saturated rings. The largest absolute Gasteiger partial charge is 0.493 e. The summed E-state index contributed by atoms with van der Waals surface area (Å²) in [5.41, 5.74) is 5.73. The monoisotopic (exact) mass is 351 g/mol. The molecule has 134 valence electrons. The summed E-state index contributed by atoms with van der Waals surface area (Å²) in [6.07, 6.45) is -2.98. The van der Waals surface area contributed by atoms with Crippen LogP contribution in [0.15, 0.2) is 48.5 Å². The van der Waals surface area contributed by atoms with Gasteiger partial charge in [-0.25, -0.2) is 0 Å². The molecule has 2 rings (SSSR count). The zero-order valence-electron chi connectivity index (χ0n) is 13.7. The first kappa shape index (κ1) is 18.8. The molecule has 1 amide bonds. The number of rotatable bonds is 8. The van der Waals surface area contributed by atoms with Crippen LogP contribution < -0.4 is 10.5 Å². The van der Waals surface area contributed by atoms with E-state index in [0.717, 1.165) is 18.1 Å². The second-order valence-corrected chi connectivity index (χ2v) is 5.73. The Morgan fingerprint density at radius 1 is 1.00 bits per heavy atom. The predicted molar refractivity (Wildman–Crippen MR) is 89.2 cm³/mol. The maximum atomic E-state index is 13.2. The lowest BCUT2D eigenvalue weighted by molar-refractivity contribution is -0.139. The number of benzene rings is 2. The van der Waals surface area contributed by atoms with E-state index in [-0.39, 0.29) is 25.2 Å². The van der Waals surface area contributed by atoms with Crippen LogP contribution in [0, 0.1) is 0 Å². The van der Waals surface area contributed by atoms with Gasteiger partial charge >= 0.3 is 6.18 Å². The molecule has 0 saturated carbocycles. The molecule has 0 aliphatic rings. The molecule has 6 heteroatoms. The first-order valence-corrected chi connectivity index (χ1v) is 8.01. The van der Waals surface area contributed by atoms with Gasteiger partial charge in [-0.1, -0.05) is 36.4 Å². The SMILES string of the molecule is NC(=O)CCc1ccc(OCCCc2ccccc2)c(C(F)(F)F)c1.